The van der Waals surface area contributed by atoms with Crippen molar-refractivity contribution in [3.05, 3.63) is 18.7 Å². The van der Waals surface area contributed by atoms with Crippen LogP contribution in [0, 0.1) is 5.92 Å². The van der Waals surface area contributed by atoms with Crippen LogP contribution in [-0.4, -0.2) is 32.6 Å². The summed E-state index contributed by atoms with van der Waals surface area (Å²) in [6.45, 7) is 0.517. The van der Waals surface area contributed by atoms with E-state index in [-0.39, 0.29) is 18.2 Å². The molecule has 6 heteroatoms. The molecule has 1 atom stereocenters. The van der Waals surface area contributed by atoms with E-state index in [0.29, 0.717) is 6.54 Å². The highest BCUT2D eigenvalue weighted by Gasteiger charge is 2.30. The minimum Gasteiger partial charge on any atom is -0.480 e. The normalized spacial score (nSPS) is 17.6. The Labute approximate surface area is 118 Å². The van der Waals surface area contributed by atoms with Crippen LogP contribution in [-0.2, 0) is 16.1 Å². The molecule has 1 amide bonds. The first kappa shape index (κ1) is 14.6. The lowest BCUT2D eigenvalue weighted by atomic mass is 9.84. The van der Waals surface area contributed by atoms with Gasteiger partial charge in [-0.25, -0.2) is 9.78 Å². The zero-order valence-corrected chi connectivity index (χ0v) is 11.5. The highest BCUT2D eigenvalue weighted by molar-refractivity contribution is 5.83. The number of imidazole rings is 1. The summed E-state index contributed by atoms with van der Waals surface area (Å²) in [5, 5.41) is 12.0. The highest BCUT2D eigenvalue weighted by atomic mass is 16.4. The molecule has 0 saturated heterocycles. The fourth-order valence-corrected chi connectivity index (χ4v) is 2.74. The fourth-order valence-electron chi connectivity index (χ4n) is 2.74. The number of aryl methyl sites for hydroxylation is 1. The lowest BCUT2D eigenvalue weighted by molar-refractivity contribution is -0.143. The van der Waals surface area contributed by atoms with Crippen LogP contribution in [0.4, 0.5) is 0 Å². The Morgan fingerprint density at radius 2 is 2.10 bits per heavy atom. The van der Waals surface area contributed by atoms with Gasteiger partial charge >= 0.3 is 5.97 Å². The molecular weight excluding hydrogens is 258 g/mol. The van der Waals surface area contributed by atoms with Crippen LogP contribution in [0.25, 0.3) is 0 Å². The first-order valence-electron chi connectivity index (χ1n) is 7.14. The van der Waals surface area contributed by atoms with Crippen molar-refractivity contribution in [3.63, 3.8) is 0 Å². The van der Waals surface area contributed by atoms with Gasteiger partial charge < -0.3 is 15.0 Å². The number of hydrogen-bond donors (Lipinski definition) is 2. The Bertz CT molecular complexity index is 439. The Balaban J connectivity index is 1.83. The molecular formula is C14H21N3O3. The molecule has 110 valence electrons. The minimum absolute atomic E-state index is 0.0680. The summed E-state index contributed by atoms with van der Waals surface area (Å²) in [7, 11) is 0. The number of amides is 1. The number of hydrogen-bond acceptors (Lipinski definition) is 3. The third kappa shape index (κ3) is 4.08. The van der Waals surface area contributed by atoms with Crippen LogP contribution >= 0.6 is 0 Å². The van der Waals surface area contributed by atoms with E-state index < -0.39 is 12.0 Å². The molecule has 1 aromatic heterocycles. The summed E-state index contributed by atoms with van der Waals surface area (Å²) in [6.07, 6.45) is 10.4. The summed E-state index contributed by atoms with van der Waals surface area (Å²) in [4.78, 5) is 27.1. The average Bonchev–Trinajstić information content (AvgIpc) is 2.96. The quantitative estimate of drug-likeness (QED) is 0.825. The number of rotatable bonds is 6. The van der Waals surface area contributed by atoms with E-state index in [0.717, 1.165) is 32.1 Å². The van der Waals surface area contributed by atoms with Crippen LogP contribution in [0.3, 0.4) is 0 Å². The van der Waals surface area contributed by atoms with Crippen LogP contribution in [0.15, 0.2) is 18.7 Å². The van der Waals surface area contributed by atoms with Gasteiger partial charge in [0.2, 0.25) is 5.91 Å². The van der Waals surface area contributed by atoms with E-state index in [1.54, 1.807) is 23.3 Å². The molecule has 2 N–H and O–H groups in total. The number of carboxylic acid groups (broad SMARTS) is 1. The first-order chi connectivity index (χ1) is 9.66. The third-order valence-corrected chi connectivity index (χ3v) is 3.86. The lowest BCUT2D eigenvalue weighted by Gasteiger charge is -2.28. The number of carbonyl (C=O) groups excluding carboxylic acids is 1. The van der Waals surface area contributed by atoms with E-state index >= 15 is 0 Å². The molecule has 6 nitrogen and oxygen atoms in total. The third-order valence-electron chi connectivity index (χ3n) is 3.86. The van der Waals surface area contributed by atoms with Gasteiger partial charge in [-0.05, 0) is 18.8 Å². The second kappa shape index (κ2) is 7.07. The molecule has 1 fully saturated rings. The summed E-state index contributed by atoms with van der Waals surface area (Å²) in [5.41, 5.74) is 0. The van der Waals surface area contributed by atoms with Gasteiger partial charge in [-0.15, -0.1) is 0 Å². The monoisotopic (exact) mass is 279 g/mol. The second-order valence-electron chi connectivity index (χ2n) is 5.33. The van der Waals surface area contributed by atoms with Crippen molar-refractivity contribution >= 4 is 11.9 Å². The van der Waals surface area contributed by atoms with Gasteiger partial charge in [-0.1, -0.05) is 19.3 Å². The zero-order chi connectivity index (χ0) is 14.4. The van der Waals surface area contributed by atoms with Crippen molar-refractivity contribution in [2.75, 3.05) is 0 Å². The van der Waals surface area contributed by atoms with Crippen molar-refractivity contribution in [2.45, 2.75) is 51.1 Å². The van der Waals surface area contributed by atoms with E-state index in [9.17, 15) is 14.7 Å². The van der Waals surface area contributed by atoms with E-state index in [2.05, 4.69) is 10.3 Å². The number of carbonyl (C=O) groups is 2. The first-order valence-corrected chi connectivity index (χ1v) is 7.14. The van der Waals surface area contributed by atoms with Crippen LogP contribution in [0.2, 0.25) is 0 Å². The highest BCUT2D eigenvalue weighted by Crippen LogP contribution is 2.26. The molecule has 0 bridgehead atoms. The number of nitrogens with one attached hydrogen (secondary N) is 1. The molecule has 0 spiro atoms. The molecule has 2 rings (SSSR count). The van der Waals surface area contributed by atoms with Crippen molar-refractivity contribution < 1.29 is 14.7 Å². The molecule has 1 heterocycles. The number of nitrogens with zero attached hydrogens (tertiary/aromatic N) is 2. The van der Waals surface area contributed by atoms with Gasteiger partial charge in [0, 0.05) is 25.4 Å². The number of aromatic nitrogens is 2. The number of aliphatic carboxylic acids is 1. The maximum absolute atomic E-state index is 11.9. The molecule has 1 unspecified atom stereocenters. The molecule has 1 aliphatic rings. The minimum atomic E-state index is -0.923. The van der Waals surface area contributed by atoms with Crippen LogP contribution in [0.1, 0.15) is 38.5 Å². The van der Waals surface area contributed by atoms with Crippen molar-refractivity contribution in [2.24, 2.45) is 5.92 Å². The summed E-state index contributed by atoms with van der Waals surface area (Å²) >= 11 is 0. The Hall–Kier alpha value is -1.85. The standard InChI is InChI=1S/C14H21N3O3/c18-12(6-8-17-9-7-15-10-17)16-13(14(19)20)11-4-2-1-3-5-11/h7,9-11,13H,1-6,8H2,(H,16,18)(H,19,20). The molecule has 1 aliphatic carbocycles. The smallest absolute Gasteiger partial charge is 0.326 e. The van der Waals surface area contributed by atoms with Crippen molar-refractivity contribution in [1.29, 1.82) is 0 Å². The fraction of sp³-hybridized carbons (Fsp3) is 0.643. The Morgan fingerprint density at radius 3 is 2.70 bits per heavy atom. The van der Waals surface area contributed by atoms with Crippen LogP contribution < -0.4 is 5.32 Å². The predicted molar refractivity (Wildman–Crippen MR) is 73.0 cm³/mol. The maximum Gasteiger partial charge on any atom is 0.326 e. The summed E-state index contributed by atoms with van der Waals surface area (Å²) < 4.78 is 1.80. The largest absolute Gasteiger partial charge is 0.480 e. The summed E-state index contributed by atoms with van der Waals surface area (Å²) in [6, 6.07) is -0.745. The van der Waals surface area contributed by atoms with Gasteiger partial charge in [0.25, 0.3) is 0 Å². The summed E-state index contributed by atoms with van der Waals surface area (Å²) in [5.74, 6) is -1.07. The predicted octanol–water partition coefficient (Wildman–Crippen LogP) is 1.42. The van der Waals surface area contributed by atoms with Gasteiger partial charge in [-0.2, -0.15) is 0 Å². The molecule has 1 aromatic rings. The van der Waals surface area contributed by atoms with E-state index in [1.165, 1.54) is 0 Å². The molecule has 0 radical (unpaired) electrons. The van der Waals surface area contributed by atoms with Gasteiger partial charge in [0.15, 0.2) is 0 Å². The Kier molecular flexibility index (Phi) is 5.15. The van der Waals surface area contributed by atoms with Gasteiger partial charge in [0.05, 0.1) is 6.33 Å². The molecule has 0 aromatic carbocycles. The van der Waals surface area contributed by atoms with Crippen molar-refractivity contribution in [3.8, 4) is 0 Å². The van der Waals surface area contributed by atoms with E-state index in [4.69, 9.17) is 0 Å². The van der Waals surface area contributed by atoms with Gasteiger partial charge in [-0.3, -0.25) is 4.79 Å². The zero-order valence-electron chi connectivity index (χ0n) is 11.5. The Morgan fingerprint density at radius 1 is 1.35 bits per heavy atom. The topological polar surface area (TPSA) is 84.2 Å². The molecule has 20 heavy (non-hydrogen) atoms. The molecule has 0 aliphatic heterocycles. The SMILES string of the molecule is O=C(CCn1ccnc1)NC(C(=O)O)C1CCCCC1. The number of carboxylic acids is 1. The maximum atomic E-state index is 11.9. The lowest BCUT2D eigenvalue weighted by Crippen LogP contribution is -2.46. The van der Waals surface area contributed by atoms with Gasteiger partial charge in [0.1, 0.15) is 6.04 Å². The molecule has 1 saturated carbocycles. The average molecular weight is 279 g/mol. The van der Waals surface area contributed by atoms with Crippen molar-refractivity contribution in [1.82, 2.24) is 14.9 Å². The second-order valence-corrected chi connectivity index (χ2v) is 5.33. The van der Waals surface area contributed by atoms with Crippen LogP contribution in [0.5, 0.6) is 0 Å². The van der Waals surface area contributed by atoms with E-state index in [1.807, 2.05) is 0 Å².